The van der Waals surface area contributed by atoms with Crippen LogP contribution in [0.1, 0.15) is 39.0 Å². The maximum Gasteiger partial charge on any atom is 0.270 e. The van der Waals surface area contributed by atoms with Crippen LogP contribution in [0.25, 0.3) is 0 Å². The van der Waals surface area contributed by atoms with Gasteiger partial charge in [-0.05, 0) is 31.9 Å². The molecule has 1 aliphatic heterocycles. The zero-order valence-electron chi connectivity index (χ0n) is 14.0. The summed E-state index contributed by atoms with van der Waals surface area (Å²) in [6.45, 7) is 2.65. The molecule has 1 heterocycles. The van der Waals surface area contributed by atoms with Gasteiger partial charge in [-0.2, -0.15) is 5.10 Å². The molecule has 2 amide bonds. The second-order valence-electron chi connectivity index (χ2n) is 6.38. The second kappa shape index (κ2) is 7.03. The van der Waals surface area contributed by atoms with Crippen LogP contribution in [0.3, 0.4) is 0 Å². The normalized spacial score (nSPS) is 21.0. The summed E-state index contributed by atoms with van der Waals surface area (Å²) in [5.41, 5.74) is 6.74. The Hall–Kier alpha value is -2.37. The maximum atomic E-state index is 12.9. The van der Waals surface area contributed by atoms with E-state index in [2.05, 4.69) is 5.10 Å². The van der Waals surface area contributed by atoms with E-state index in [0.29, 0.717) is 18.3 Å². The van der Waals surface area contributed by atoms with E-state index in [1.165, 1.54) is 12.8 Å². The molecule has 6 nitrogen and oxygen atoms in total. The van der Waals surface area contributed by atoms with Crippen molar-refractivity contribution in [1.29, 1.82) is 0 Å². The molecule has 1 aliphatic carbocycles. The van der Waals surface area contributed by atoms with Crippen molar-refractivity contribution in [2.24, 2.45) is 10.8 Å². The average molecular weight is 328 g/mol. The van der Waals surface area contributed by atoms with E-state index in [4.69, 9.17) is 5.73 Å². The Morgan fingerprint density at radius 3 is 2.50 bits per heavy atom. The highest BCUT2D eigenvalue weighted by atomic mass is 16.2. The van der Waals surface area contributed by atoms with Gasteiger partial charge in [-0.3, -0.25) is 14.6 Å². The number of primary amides is 1. The Balaban J connectivity index is 1.84. The van der Waals surface area contributed by atoms with E-state index < -0.39 is 11.9 Å². The molecule has 1 aromatic carbocycles. The fraction of sp³-hybridized carbons (Fsp3) is 0.500. The predicted octanol–water partition coefficient (Wildman–Crippen LogP) is 1.90. The fourth-order valence-corrected chi connectivity index (χ4v) is 3.63. The van der Waals surface area contributed by atoms with Crippen LogP contribution in [0, 0.1) is 0 Å². The largest absolute Gasteiger partial charge is 0.368 e. The summed E-state index contributed by atoms with van der Waals surface area (Å²) in [5.74, 6) is -0.525. The van der Waals surface area contributed by atoms with E-state index >= 15 is 0 Å². The molecule has 1 aromatic rings. The topological polar surface area (TPSA) is 79.0 Å². The van der Waals surface area contributed by atoms with Gasteiger partial charge in [-0.1, -0.05) is 31.0 Å². The van der Waals surface area contributed by atoms with Crippen LogP contribution >= 0.6 is 0 Å². The molecule has 2 aliphatic rings. The van der Waals surface area contributed by atoms with E-state index in [9.17, 15) is 9.59 Å². The minimum atomic E-state index is -0.603. The minimum Gasteiger partial charge on any atom is -0.368 e. The molecule has 1 fully saturated rings. The maximum absolute atomic E-state index is 12.9. The van der Waals surface area contributed by atoms with Gasteiger partial charge in [-0.15, -0.1) is 0 Å². The van der Waals surface area contributed by atoms with Crippen LogP contribution in [0.2, 0.25) is 0 Å². The number of amides is 2. The summed E-state index contributed by atoms with van der Waals surface area (Å²) in [5, 5.41) is 6.04. The third-order valence-corrected chi connectivity index (χ3v) is 4.87. The molecule has 128 valence electrons. The number of rotatable bonds is 5. The molecule has 0 radical (unpaired) electrons. The Kier molecular flexibility index (Phi) is 4.83. The summed E-state index contributed by atoms with van der Waals surface area (Å²) < 4.78 is 0. The van der Waals surface area contributed by atoms with Gasteiger partial charge in [0.15, 0.2) is 0 Å². The molecule has 1 saturated carbocycles. The van der Waals surface area contributed by atoms with Crippen LogP contribution < -0.4 is 10.7 Å². The average Bonchev–Trinajstić information content (AvgIpc) is 3.26. The van der Waals surface area contributed by atoms with Crippen molar-refractivity contribution in [2.45, 2.75) is 51.1 Å². The summed E-state index contributed by atoms with van der Waals surface area (Å²) >= 11 is 0. The third kappa shape index (κ3) is 3.13. The Morgan fingerprint density at radius 1 is 1.25 bits per heavy atom. The molecule has 0 aromatic heterocycles. The molecule has 1 atom stereocenters. The van der Waals surface area contributed by atoms with Crippen molar-refractivity contribution < 1.29 is 9.59 Å². The molecule has 0 saturated heterocycles. The second-order valence-corrected chi connectivity index (χ2v) is 6.38. The Morgan fingerprint density at radius 2 is 1.92 bits per heavy atom. The number of benzene rings is 1. The number of hydrazone groups is 1. The fourth-order valence-electron chi connectivity index (χ4n) is 3.63. The number of nitrogens with zero attached hydrogens (tertiary/aromatic N) is 3. The van der Waals surface area contributed by atoms with Crippen molar-refractivity contribution in [1.82, 2.24) is 4.90 Å². The van der Waals surface area contributed by atoms with Crippen molar-refractivity contribution >= 4 is 23.2 Å². The monoisotopic (exact) mass is 328 g/mol. The standard InChI is InChI=1S/C18H24N4O2/c1-2-21(13-8-6-7-9-13)18(24)15-12-16(17(19)23)22(20-15)14-10-4-3-5-11-14/h3-5,10-11,13,16H,2,6-9,12H2,1H3,(H2,19,23)/t16-/m0/s1. The van der Waals surface area contributed by atoms with Crippen LogP contribution in [-0.4, -0.2) is 41.1 Å². The summed E-state index contributed by atoms with van der Waals surface area (Å²) in [7, 11) is 0. The number of hydrogen-bond acceptors (Lipinski definition) is 4. The van der Waals surface area contributed by atoms with Crippen LogP contribution in [-0.2, 0) is 9.59 Å². The molecule has 2 N–H and O–H groups in total. The van der Waals surface area contributed by atoms with Gasteiger partial charge in [0, 0.05) is 19.0 Å². The molecule has 24 heavy (non-hydrogen) atoms. The molecule has 0 bridgehead atoms. The highest BCUT2D eigenvalue weighted by Crippen LogP contribution is 2.27. The number of para-hydroxylation sites is 1. The van der Waals surface area contributed by atoms with Gasteiger partial charge in [0.1, 0.15) is 11.8 Å². The number of anilines is 1. The number of carbonyl (C=O) groups excluding carboxylic acids is 2. The van der Waals surface area contributed by atoms with E-state index in [-0.39, 0.29) is 12.3 Å². The molecular formula is C18H24N4O2. The first kappa shape index (κ1) is 16.5. The number of carbonyl (C=O) groups is 2. The quantitative estimate of drug-likeness (QED) is 0.896. The van der Waals surface area contributed by atoms with Crippen LogP contribution in [0.15, 0.2) is 35.4 Å². The molecular weight excluding hydrogens is 304 g/mol. The SMILES string of the molecule is CCN(C(=O)C1=NN(c2ccccc2)[C@H](C(N)=O)C1)C1CCCC1. The molecule has 0 unspecified atom stereocenters. The van der Waals surface area contributed by atoms with Gasteiger partial charge in [0.25, 0.3) is 5.91 Å². The third-order valence-electron chi connectivity index (χ3n) is 4.87. The van der Waals surface area contributed by atoms with Crippen molar-refractivity contribution in [3.63, 3.8) is 0 Å². The van der Waals surface area contributed by atoms with Crippen molar-refractivity contribution in [3.8, 4) is 0 Å². The summed E-state index contributed by atoms with van der Waals surface area (Å²) in [4.78, 5) is 26.7. The van der Waals surface area contributed by atoms with Gasteiger partial charge in [0.2, 0.25) is 5.91 Å². The zero-order valence-corrected chi connectivity index (χ0v) is 14.0. The lowest BCUT2D eigenvalue weighted by Crippen LogP contribution is -2.43. The van der Waals surface area contributed by atoms with E-state index in [1.54, 1.807) is 5.01 Å². The molecule has 3 rings (SSSR count). The Labute approximate surface area is 142 Å². The van der Waals surface area contributed by atoms with Crippen molar-refractivity contribution in [3.05, 3.63) is 30.3 Å². The van der Waals surface area contributed by atoms with E-state index in [0.717, 1.165) is 18.5 Å². The van der Waals surface area contributed by atoms with Gasteiger partial charge in [-0.25, -0.2) is 0 Å². The van der Waals surface area contributed by atoms with Gasteiger partial charge in [0.05, 0.1) is 5.69 Å². The predicted molar refractivity (Wildman–Crippen MR) is 93.6 cm³/mol. The lowest BCUT2D eigenvalue weighted by atomic mass is 10.1. The van der Waals surface area contributed by atoms with Crippen LogP contribution in [0.4, 0.5) is 5.69 Å². The first-order valence-corrected chi connectivity index (χ1v) is 8.64. The zero-order chi connectivity index (χ0) is 17.1. The Bertz CT molecular complexity index is 638. The number of hydrogen-bond donors (Lipinski definition) is 1. The van der Waals surface area contributed by atoms with Gasteiger partial charge < -0.3 is 10.6 Å². The minimum absolute atomic E-state index is 0.0610. The number of nitrogens with two attached hydrogens (primary N) is 1. The molecule has 6 heteroatoms. The highest BCUT2D eigenvalue weighted by Gasteiger charge is 2.37. The van der Waals surface area contributed by atoms with Crippen molar-refractivity contribution in [2.75, 3.05) is 11.6 Å². The summed E-state index contributed by atoms with van der Waals surface area (Å²) in [6.07, 6.45) is 4.71. The highest BCUT2D eigenvalue weighted by molar-refractivity contribution is 6.40. The molecule has 0 spiro atoms. The first-order valence-electron chi connectivity index (χ1n) is 8.64. The lowest BCUT2D eigenvalue weighted by molar-refractivity contribution is -0.126. The lowest BCUT2D eigenvalue weighted by Gasteiger charge is -2.27. The first-order chi connectivity index (χ1) is 11.6. The van der Waals surface area contributed by atoms with E-state index in [1.807, 2.05) is 42.2 Å². The van der Waals surface area contributed by atoms with Crippen LogP contribution in [0.5, 0.6) is 0 Å². The summed E-state index contributed by atoms with van der Waals surface area (Å²) in [6, 6.07) is 9.06. The van der Waals surface area contributed by atoms with Gasteiger partial charge >= 0.3 is 0 Å². The smallest absolute Gasteiger partial charge is 0.270 e.